The summed E-state index contributed by atoms with van der Waals surface area (Å²) in [4.78, 5) is 34.8. The van der Waals surface area contributed by atoms with Crippen LogP contribution in [0, 0.1) is 17.0 Å². The molecule has 9 nitrogen and oxygen atoms in total. The van der Waals surface area contributed by atoms with E-state index >= 15 is 0 Å². The molecule has 1 aromatic heterocycles. The van der Waals surface area contributed by atoms with Gasteiger partial charge >= 0.3 is 12.1 Å². The first kappa shape index (κ1) is 23.4. The van der Waals surface area contributed by atoms with E-state index in [0.29, 0.717) is 10.6 Å². The fourth-order valence-electron chi connectivity index (χ4n) is 3.42. The third kappa shape index (κ3) is 4.53. The number of hydrogen-bond donors (Lipinski definition) is 1. The van der Waals surface area contributed by atoms with Crippen LogP contribution in [0.5, 0.6) is 0 Å². The van der Waals surface area contributed by atoms with E-state index in [1.807, 2.05) is 0 Å². The number of anilines is 1. The SMILES string of the molecule is Cc1ccc(-c2ccc(/C=C3/C(=O)N(c4cccc(C(=O)O)c4)N=C3C(F)(F)F)o2)c([N+](=O)[O-])c1. The summed E-state index contributed by atoms with van der Waals surface area (Å²) < 4.78 is 46.6. The first-order valence-corrected chi connectivity index (χ1v) is 9.86. The molecular formula is C23H14F3N3O6. The maximum absolute atomic E-state index is 13.7. The van der Waals surface area contributed by atoms with Crippen molar-refractivity contribution in [3.8, 4) is 11.3 Å². The molecule has 35 heavy (non-hydrogen) atoms. The van der Waals surface area contributed by atoms with Crippen molar-refractivity contribution in [1.82, 2.24) is 0 Å². The molecule has 1 N–H and O–H groups in total. The fraction of sp³-hybridized carbons (Fsp3) is 0.0870. The zero-order valence-electron chi connectivity index (χ0n) is 17.7. The van der Waals surface area contributed by atoms with Crippen molar-refractivity contribution in [1.29, 1.82) is 0 Å². The number of hydrazone groups is 1. The van der Waals surface area contributed by atoms with E-state index in [2.05, 4.69) is 5.10 Å². The van der Waals surface area contributed by atoms with Gasteiger partial charge in [0.25, 0.3) is 11.6 Å². The Kier molecular flexibility index (Phi) is 5.73. The molecule has 3 aromatic rings. The zero-order valence-corrected chi connectivity index (χ0v) is 17.7. The highest BCUT2D eigenvalue weighted by Crippen LogP contribution is 2.35. The molecule has 2 heterocycles. The minimum atomic E-state index is -5.01. The summed E-state index contributed by atoms with van der Waals surface area (Å²) in [5.74, 6) is -2.64. The van der Waals surface area contributed by atoms with Gasteiger partial charge in [-0.15, -0.1) is 0 Å². The second-order valence-corrected chi connectivity index (χ2v) is 7.46. The number of carbonyl (C=O) groups excluding carboxylic acids is 1. The highest BCUT2D eigenvalue weighted by atomic mass is 19.4. The van der Waals surface area contributed by atoms with E-state index in [1.54, 1.807) is 13.0 Å². The van der Waals surface area contributed by atoms with E-state index in [1.165, 1.54) is 42.5 Å². The lowest BCUT2D eigenvalue weighted by Crippen LogP contribution is -2.25. The van der Waals surface area contributed by atoms with Gasteiger partial charge in [0.05, 0.1) is 27.3 Å². The molecule has 0 aliphatic carbocycles. The Morgan fingerprint density at radius 3 is 2.57 bits per heavy atom. The maximum atomic E-state index is 13.7. The van der Waals surface area contributed by atoms with E-state index in [9.17, 15) is 32.9 Å². The minimum Gasteiger partial charge on any atom is -0.478 e. The second kappa shape index (κ2) is 8.56. The third-order valence-electron chi connectivity index (χ3n) is 5.01. The smallest absolute Gasteiger partial charge is 0.435 e. The van der Waals surface area contributed by atoms with Gasteiger partial charge in [-0.1, -0.05) is 12.1 Å². The summed E-state index contributed by atoms with van der Waals surface area (Å²) in [6.45, 7) is 1.66. The van der Waals surface area contributed by atoms with Crippen molar-refractivity contribution in [3.63, 3.8) is 0 Å². The van der Waals surface area contributed by atoms with Crippen LogP contribution in [0.3, 0.4) is 0 Å². The van der Waals surface area contributed by atoms with Gasteiger partial charge in [-0.3, -0.25) is 14.9 Å². The summed E-state index contributed by atoms with van der Waals surface area (Å²) in [6, 6.07) is 11.7. The molecule has 4 rings (SSSR count). The number of benzene rings is 2. The highest BCUT2D eigenvalue weighted by molar-refractivity contribution is 6.34. The summed E-state index contributed by atoms with van der Waals surface area (Å²) in [7, 11) is 0. The first-order chi connectivity index (χ1) is 16.5. The second-order valence-electron chi connectivity index (χ2n) is 7.46. The average Bonchev–Trinajstić information content (AvgIpc) is 3.38. The molecule has 178 valence electrons. The molecule has 0 saturated heterocycles. The van der Waals surface area contributed by atoms with E-state index < -0.39 is 34.3 Å². The number of carboxylic acids is 1. The van der Waals surface area contributed by atoms with Crippen LogP contribution in [-0.4, -0.2) is 33.8 Å². The van der Waals surface area contributed by atoms with Crippen molar-refractivity contribution in [2.45, 2.75) is 13.1 Å². The number of nitrogens with zero attached hydrogens (tertiary/aromatic N) is 3. The number of aromatic carboxylic acids is 1. The molecular weight excluding hydrogens is 471 g/mol. The Hall–Kier alpha value is -4.74. The van der Waals surface area contributed by atoms with Gasteiger partial charge in [0.2, 0.25) is 0 Å². The number of carboxylic acid groups (broad SMARTS) is 1. The number of nitro groups is 1. The van der Waals surface area contributed by atoms with Crippen LogP contribution in [0.15, 0.2) is 69.7 Å². The largest absolute Gasteiger partial charge is 0.478 e. The Balaban J connectivity index is 1.75. The van der Waals surface area contributed by atoms with E-state index in [0.717, 1.165) is 12.1 Å². The predicted octanol–water partition coefficient (Wildman–Crippen LogP) is 5.21. The molecule has 0 radical (unpaired) electrons. The monoisotopic (exact) mass is 485 g/mol. The normalized spacial score (nSPS) is 15.0. The van der Waals surface area contributed by atoms with Crippen molar-refractivity contribution in [2.75, 3.05) is 5.01 Å². The minimum absolute atomic E-state index is 0.0190. The van der Waals surface area contributed by atoms with E-state index in [-0.39, 0.29) is 34.0 Å². The van der Waals surface area contributed by atoms with Gasteiger partial charge in [0, 0.05) is 6.07 Å². The highest BCUT2D eigenvalue weighted by Gasteiger charge is 2.47. The average molecular weight is 485 g/mol. The number of alkyl halides is 3. The number of furan rings is 1. The van der Waals surface area contributed by atoms with Crippen LogP contribution in [-0.2, 0) is 4.79 Å². The van der Waals surface area contributed by atoms with Crippen molar-refractivity contribution in [2.24, 2.45) is 5.10 Å². The summed E-state index contributed by atoms with van der Waals surface area (Å²) in [6.07, 6.45) is -4.18. The van der Waals surface area contributed by atoms with Gasteiger partial charge in [0.1, 0.15) is 11.5 Å². The number of hydrogen-bond acceptors (Lipinski definition) is 6. The third-order valence-corrected chi connectivity index (χ3v) is 5.01. The molecule has 1 aliphatic rings. The Labute approximate surface area is 194 Å². The Morgan fingerprint density at radius 1 is 1.17 bits per heavy atom. The number of halogens is 3. The lowest BCUT2D eigenvalue weighted by molar-refractivity contribution is -0.384. The molecule has 0 atom stereocenters. The Bertz CT molecular complexity index is 1440. The predicted molar refractivity (Wildman–Crippen MR) is 118 cm³/mol. The van der Waals surface area contributed by atoms with Crippen molar-refractivity contribution < 1.29 is 37.2 Å². The number of amides is 1. The van der Waals surface area contributed by atoms with Crippen LogP contribution < -0.4 is 5.01 Å². The van der Waals surface area contributed by atoms with Crippen LogP contribution >= 0.6 is 0 Å². The number of carbonyl (C=O) groups is 2. The standard InChI is InChI=1S/C23H14F3N3O6/c1-12-5-7-16(18(9-12)29(33)34)19-8-6-15(35-19)11-17-20(23(24,25)26)27-28(21(17)30)14-4-2-3-13(10-14)22(31)32/h2-11H,1H3,(H,31,32)/b17-11+. The van der Waals surface area contributed by atoms with Gasteiger partial charge in [0.15, 0.2) is 5.71 Å². The summed E-state index contributed by atoms with van der Waals surface area (Å²) in [5.41, 5.74) is -2.26. The maximum Gasteiger partial charge on any atom is 0.435 e. The summed E-state index contributed by atoms with van der Waals surface area (Å²) in [5, 5.41) is 24.4. The van der Waals surface area contributed by atoms with Crippen LogP contribution in [0.1, 0.15) is 21.7 Å². The molecule has 12 heteroatoms. The van der Waals surface area contributed by atoms with Crippen molar-refractivity contribution in [3.05, 3.63) is 87.2 Å². The number of aryl methyl sites for hydroxylation is 1. The molecule has 0 fully saturated rings. The molecule has 2 aromatic carbocycles. The van der Waals surface area contributed by atoms with Crippen LogP contribution in [0.2, 0.25) is 0 Å². The molecule has 0 unspecified atom stereocenters. The van der Waals surface area contributed by atoms with Crippen LogP contribution in [0.4, 0.5) is 24.5 Å². The molecule has 0 saturated carbocycles. The van der Waals surface area contributed by atoms with Crippen LogP contribution in [0.25, 0.3) is 17.4 Å². The number of nitro benzene ring substituents is 1. The quantitative estimate of drug-likeness (QED) is 0.300. The molecule has 1 amide bonds. The molecule has 0 spiro atoms. The molecule has 0 bridgehead atoms. The van der Waals surface area contributed by atoms with E-state index in [4.69, 9.17) is 9.52 Å². The number of rotatable bonds is 5. The van der Waals surface area contributed by atoms with Gasteiger partial charge in [-0.2, -0.15) is 23.3 Å². The van der Waals surface area contributed by atoms with Gasteiger partial charge in [-0.05, 0) is 55.0 Å². The summed E-state index contributed by atoms with van der Waals surface area (Å²) >= 11 is 0. The Morgan fingerprint density at radius 2 is 1.91 bits per heavy atom. The molecule has 1 aliphatic heterocycles. The van der Waals surface area contributed by atoms with Crippen molar-refractivity contribution >= 4 is 35.0 Å². The zero-order chi connectivity index (χ0) is 25.5. The lowest BCUT2D eigenvalue weighted by Gasteiger charge is -2.11. The van der Waals surface area contributed by atoms with Gasteiger partial charge in [-0.25, -0.2) is 4.79 Å². The van der Waals surface area contributed by atoms with Gasteiger partial charge < -0.3 is 9.52 Å². The lowest BCUT2D eigenvalue weighted by atomic mass is 10.1. The topological polar surface area (TPSA) is 126 Å². The fourth-order valence-corrected chi connectivity index (χ4v) is 3.42. The first-order valence-electron chi connectivity index (χ1n) is 9.86.